The lowest BCUT2D eigenvalue weighted by molar-refractivity contribution is -0.0999. The Labute approximate surface area is 135 Å². The third kappa shape index (κ3) is 3.15. The normalized spacial score (nSPS) is 23.8. The number of benzene rings is 1. The highest BCUT2D eigenvalue weighted by Crippen LogP contribution is 2.28. The molecule has 2 atom stereocenters. The summed E-state index contributed by atoms with van der Waals surface area (Å²) in [5.74, 6) is 1.01. The molecule has 1 aliphatic heterocycles. The van der Waals surface area contributed by atoms with Crippen LogP contribution in [0.25, 0.3) is 11.3 Å². The van der Waals surface area contributed by atoms with Crippen molar-refractivity contribution in [1.82, 2.24) is 15.0 Å². The van der Waals surface area contributed by atoms with Gasteiger partial charge in [-0.05, 0) is 32.3 Å². The van der Waals surface area contributed by atoms with Gasteiger partial charge >= 0.3 is 0 Å². The van der Waals surface area contributed by atoms with Crippen molar-refractivity contribution in [3.63, 3.8) is 0 Å². The van der Waals surface area contributed by atoms with E-state index in [1.165, 1.54) is 12.0 Å². The van der Waals surface area contributed by atoms with Crippen LogP contribution in [0.3, 0.4) is 0 Å². The Morgan fingerprint density at radius 2 is 2.13 bits per heavy atom. The molecule has 0 radical (unpaired) electrons. The van der Waals surface area contributed by atoms with E-state index in [1.54, 1.807) is 0 Å². The maximum absolute atomic E-state index is 6.07. The molecule has 120 valence electrons. The van der Waals surface area contributed by atoms with E-state index in [9.17, 15) is 0 Å². The van der Waals surface area contributed by atoms with Gasteiger partial charge in [-0.3, -0.25) is 0 Å². The zero-order valence-corrected chi connectivity index (χ0v) is 13.3. The van der Waals surface area contributed by atoms with Crippen molar-refractivity contribution >= 4 is 0 Å². The van der Waals surface area contributed by atoms with Gasteiger partial charge < -0.3 is 9.47 Å². The molecule has 1 aromatic heterocycles. The quantitative estimate of drug-likeness (QED) is 0.874. The van der Waals surface area contributed by atoms with Crippen molar-refractivity contribution in [1.29, 1.82) is 0 Å². The molecular formula is C18H21N3O2. The van der Waals surface area contributed by atoms with Gasteiger partial charge in [-0.15, -0.1) is 5.10 Å². The first-order valence-corrected chi connectivity index (χ1v) is 8.23. The first-order valence-electron chi connectivity index (χ1n) is 8.23. The number of fused-ring (bicyclic) bond motifs is 1. The summed E-state index contributed by atoms with van der Waals surface area (Å²) in [6, 6.07) is 8.31. The fourth-order valence-corrected chi connectivity index (χ4v) is 3.10. The van der Waals surface area contributed by atoms with E-state index in [1.807, 2.05) is 10.9 Å². The van der Waals surface area contributed by atoms with E-state index in [2.05, 4.69) is 47.6 Å². The maximum atomic E-state index is 6.07. The molecule has 1 aromatic carbocycles. The summed E-state index contributed by atoms with van der Waals surface area (Å²) < 4.78 is 13.8. The topological polar surface area (TPSA) is 49.2 Å². The molecule has 2 heterocycles. The molecule has 1 fully saturated rings. The molecule has 0 spiro atoms. The fourth-order valence-electron chi connectivity index (χ4n) is 3.10. The first-order chi connectivity index (χ1) is 11.3. The second-order valence-corrected chi connectivity index (χ2v) is 6.29. The van der Waals surface area contributed by atoms with Gasteiger partial charge in [0.05, 0.1) is 19.3 Å². The van der Waals surface area contributed by atoms with Crippen molar-refractivity contribution in [3.8, 4) is 11.3 Å². The lowest BCUT2D eigenvalue weighted by atomic mass is 10.0. The van der Waals surface area contributed by atoms with Crippen LogP contribution in [-0.4, -0.2) is 33.8 Å². The number of aromatic nitrogens is 3. The van der Waals surface area contributed by atoms with Crippen LogP contribution in [-0.2, 0) is 16.0 Å². The summed E-state index contributed by atoms with van der Waals surface area (Å²) in [5.41, 5.74) is 3.21. The summed E-state index contributed by atoms with van der Waals surface area (Å²) in [4.78, 5) is 0. The van der Waals surface area contributed by atoms with Crippen molar-refractivity contribution in [2.24, 2.45) is 0 Å². The number of hydrogen-bond donors (Lipinski definition) is 0. The predicted molar refractivity (Wildman–Crippen MR) is 86.7 cm³/mol. The Bertz CT molecular complexity index is 705. The first kappa shape index (κ1) is 14.5. The molecule has 1 aliphatic carbocycles. The standard InChI is InChI=1S/C18H21N3O2/c1-13-6-8-14(9-7-13)16-11-21(20-19-16)10-15-12-22-17-4-2-3-5-18(17)23-15/h5-9,11,15,17H,2-4,10,12H2,1H3. The summed E-state index contributed by atoms with van der Waals surface area (Å²) in [7, 11) is 0. The van der Waals surface area contributed by atoms with E-state index >= 15 is 0 Å². The van der Waals surface area contributed by atoms with Crippen LogP contribution in [0.4, 0.5) is 0 Å². The minimum atomic E-state index is 0.00293. The molecule has 5 nitrogen and oxygen atoms in total. The highest BCUT2D eigenvalue weighted by atomic mass is 16.6. The predicted octanol–water partition coefficient (Wildman–Crippen LogP) is 3.11. The van der Waals surface area contributed by atoms with Gasteiger partial charge in [0.25, 0.3) is 0 Å². The number of allylic oxidation sites excluding steroid dienone is 1. The van der Waals surface area contributed by atoms with Crippen molar-refractivity contribution in [3.05, 3.63) is 47.9 Å². The van der Waals surface area contributed by atoms with E-state index < -0.39 is 0 Å². The van der Waals surface area contributed by atoms with Gasteiger partial charge in [-0.2, -0.15) is 0 Å². The smallest absolute Gasteiger partial charge is 0.141 e. The average molecular weight is 311 g/mol. The highest BCUT2D eigenvalue weighted by molar-refractivity contribution is 5.57. The van der Waals surface area contributed by atoms with Crippen molar-refractivity contribution < 1.29 is 9.47 Å². The van der Waals surface area contributed by atoms with Crippen LogP contribution in [0.5, 0.6) is 0 Å². The highest BCUT2D eigenvalue weighted by Gasteiger charge is 2.29. The van der Waals surface area contributed by atoms with Gasteiger partial charge in [0.2, 0.25) is 0 Å². The third-order valence-electron chi connectivity index (χ3n) is 4.40. The Morgan fingerprint density at radius 3 is 3.00 bits per heavy atom. The molecule has 23 heavy (non-hydrogen) atoms. The largest absolute Gasteiger partial charge is 0.488 e. The number of hydrogen-bond acceptors (Lipinski definition) is 4. The summed E-state index contributed by atoms with van der Waals surface area (Å²) >= 11 is 0. The SMILES string of the molecule is Cc1ccc(-c2cn(CC3COC4CCCC=C4O3)nn2)cc1. The number of ether oxygens (including phenoxy) is 2. The Balaban J connectivity index is 1.43. The molecule has 0 saturated carbocycles. The fraction of sp³-hybridized carbons (Fsp3) is 0.444. The number of aryl methyl sites for hydroxylation is 1. The van der Waals surface area contributed by atoms with E-state index in [4.69, 9.17) is 9.47 Å². The van der Waals surface area contributed by atoms with Crippen LogP contribution in [0, 0.1) is 6.92 Å². The lowest BCUT2D eigenvalue weighted by Crippen LogP contribution is -2.37. The Morgan fingerprint density at radius 1 is 1.26 bits per heavy atom. The van der Waals surface area contributed by atoms with Gasteiger partial charge in [0.1, 0.15) is 23.7 Å². The van der Waals surface area contributed by atoms with Gasteiger partial charge in [-0.25, -0.2) is 4.68 Å². The average Bonchev–Trinajstić information content (AvgIpc) is 3.04. The Hall–Kier alpha value is -2.14. The van der Waals surface area contributed by atoms with Gasteiger partial charge in [0.15, 0.2) is 0 Å². The van der Waals surface area contributed by atoms with Crippen LogP contribution in [0.15, 0.2) is 42.3 Å². The van der Waals surface area contributed by atoms with Gasteiger partial charge in [-0.1, -0.05) is 35.0 Å². The second kappa shape index (κ2) is 6.16. The third-order valence-corrected chi connectivity index (χ3v) is 4.40. The van der Waals surface area contributed by atoms with E-state index in [0.29, 0.717) is 13.2 Å². The molecule has 4 rings (SSSR count). The Kier molecular flexibility index (Phi) is 3.87. The molecule has 2 aromatic rings. The number of nitrogens with zero attached hydrogens (tertiary/aromatic N) is 3. The minimum Gasteiger partial charge on any atom is -0.488 e. The van der Waals surface area contributed by atoms with Crippen molar-refractivity contribution in [2.45, 2.75) is 44.9 Å². The van der Waals surface area contributed by atoms with Crippen LogP contribution in [0.2, 0.25) is 0 Å². The lowest BCUT2D eigenvalue weighted by Gasteiger charge is -2.34. The summed E-state index contributed by atoms with van der Waals surface area (Å²) in [6.07, 6.45) is 7.64. The molecule has 1 saturated heterocycles. The van der Waals surface area contributed by atoms with E-state index in [-0.39, 0.29) is 12.2 Å². The van der Waals surface area contributed by atoms with Crippen LogP contribution in [0.1, 0.15) is 24.8 Å². The zero-order valence-electron chi connectivity index (χ0n) is 13.3. The summed E-state index contributed by atoms with van der Waals surface area (Å²) in [5, 5.41) is 8.49. The second-order valence-electron chi connectivity index (χ2n) is 6.29. The molecule has 5 heteroatoms. The molecule has 2 aliphatic rings. The van der Waals surface area contributed by atoms with E-state index in [0.717, 1.165) is 29.9 Å². The minimum absolute atomic E-state index is 0.00293. The molecule has 2 unspecified atom stereocenters. The summed E-state index contributed by atoms with van der Waals surface area (Å²) in [6.45, 7) is 3.35. The van der Waals surface area contributed by atoms with Crippen LogP contribution >= 0.6 is 0 Å². The van der Waals surface area contributed by atoms with Gasteiger partial charge in [0, 0.05) is 5.56 Å². The zero-order chi connectivity index (χ0) is 15.6. The molecule has 0 bridgehead atoms. The maximum Gasteiger partial charge on any atom is 0.141 e. The molecule has 0 amide bonds. The molecule has 0 N–H and O–H groups in total. The monoisotopic (exact) mass is 311 g/mol. The number of rotatable bonds is 3. The van der Waals surface area contributed by atoms with Crippen LogP contribution < -0.4 is 0 Å². The molecular weight excluding hydrogens is 290 g/mol. The van der Waals surface area contributed by atoms with Crippen molar-refractivity contribution in [2.75, 3.05) is 6.61 Å².